The van der Waals surface area contributed by atoms with Gasteiger partial charge in [-0.05, 0) is 65.9 Å². The molecule has 0 radical (unpaired) electrons. The maximum Gasteiger partial charge on any atom is 0.430 e. The van der Waals surface area contributed by atoms with Crippen LogP contribution in [0.25, 0.3) is 0 Å². The lowest BCUT2D eigenvalue weighted by Crippen LogP contribution is -2.53. The summed E-state index contributed by atoms with van der Waals surface area (Å²) in [4.78, 5) is 27.8. The number of amides is 3. The van der Waals surface area contributed by atoms with Crippen molar-refractivity contribution in [1.82, 2.24) is 10.2 Å². The molecular formula is C31H28F6N2O6. The Morgan fingerprint density at radius 2 is 1.64 bits per heavy atom. The summed E-state index contributed by atoms with van der Waals surface area (Å²) in [7, 11) is 0. The van der Waals surface area contributed by atoms with Crippen LogP contribution in [0.3, 0.4) is 0 Å². The fourth-order valence-corrected chi connectivity index (χ4v) is 5.44. The number of halogens is 6. The molecular weight excluding hydrogens is 610 g/mol. The zero-order valence-corrected chi connectivity index (χ0v) is 24.0. The Balaban J connectivity index is 1.39. The van der Waals surface area contributed by atoms with Crippen molar-refractivity contribution in [2.24, 2.45) is 0 Å². The van der Waals surface area contributed by atoms with Gasteiger partial charge in [-0.15, -0.1) is 0 Å². The number of benzene rings is 3. The third-order valence-electron chi connectivity index (χ3n) is 7.86. The highest BCUT2D eigenvalue weighted by atomic mass is 19.4. The van der Waals surface area contributed by atoms with Gasteiger partial charge in [-0.25, -0.2) is 4.79 Å². The second kappa shape index (κ2) is 11.5. The monoisotopic (exact) mass is 638 g/mol. The first kappa shape index (κ1) is 31.9. The molecule has 0 spiro atoms. The summed E-state index contributed by atoms with van der Waals surface area (Å²) in [6.45, 7) is 3.31. The van der Waals surface area contributed by atoms with E-state index < -0.39 is 41.0 Å². The normalized spacial score (nSPS) is 18.4. The average molecular weight is 639 g/mol. The number of ether oxygens (including phenoxy) is 3. The quantitative estimate of drug-likeness (QED) is 0.197. The molecule has 3 aromatic carbocycles. The lowest BCUT2D eigenvalue weighted by Gasteiger charge is -2.33. The van der Waals surface area contributed by atoms with E-state index in [1.165, 1.54) is 12.1 Å². The molecule has 3 amide bonds. The second-order valence-corrected chi connectivity index (χ2v) is 10.7. The fraction of sp³-hybridized carbons (Fsp3) is 0.355. The Hall–Kier alpha value is -4.46. The van der Waals surface area contributed by atoms with Crippen LogP contribution in [0.2, 0.25) is 0 Å². The number of urea groups is 1. The van der Waals surface area contributed by atoms with Gasteiger partial charge in [0.25, 0.3) is 11.5 Å². The first-order valence-electron chi connectivity index (χ1n) is 13.9. The predicted octanol–water partition coefficient (Wildman–Crippen LogP) is 6.83. The van der Waals surface area contributed by atoms with Crippen molar-refractivity contribution in [3.63, 3.8) is 0 Å². The van der Waals surface area contributed by atoms with Crippen LogP contribution in [-0.2, 0) is 28.9 Å². The Labute approximate surface area is 253 Å². The number of carbonyl (C=O) groups excluding carboxylic acids is 2. The summed E-state index contributed by atoms with van der Waals surface area (Å²) in [6.07, 6.45) is -11.4. The number of hydrogen-bond acceptors (Lipinski definition) is 6. The SMILES string of the molecule is CCCc1cc(C(O)(C(F)(F)F)C(F)(F)F)ccc1Oc1cccc(CN2C(=O)NC(CC)(c3ccc4c(c3)OCO4)C2=O)c1. The van der Waals surface area contributed by atoms with Crippen molar-refractivity contribution in [3.8, 4) is 23.0 Å². The molecule has 1 unspecified atom stereocenters. The summed E-state index contributed by atoms with van der Waals surface area (Å²) in [6, 6.07) is 12.6. The van der Waals surface area contributed by atoms with Gasteiger partial charge >= 0.3 is 18.4 Å². The van der Waals surface area contributed by atoms with E-state index in [9.17, 15) is 41.0 Å². The molecule has 2 aliphatic rings. The van der Waals surface area contributed by atoms with Crippen LogP contribution in [0.4, 0.5) is 31.1 Å². The Morgan fingerprint density at radius 1 is 0.933 bits per heavy atom. The molecule has 8 nitrogen and oxygen atoms in total. The van der Waals surface area contributed by atoms with E-state index in [-0.39, 0.29) is 43.2 Å². The molecule has 5 rings (SSSR count). The number of alkyl halides is 6. The van der Waals surface area contributed by atoms with Gasteiger partial charge in [-0.3, -0.25) is 9.69 Å². The van der Waals surface area contributed by atoms with E-state index in [4.69, 9.17) is 14.2 Å². The summed E-state index contributed by atoms with van der Waals surface area (Å²) in [5.74, 6) is 0.602. The molecule has 1 atom stereocenters. The summed E-state index contributed by atoms with van der Waals surface area (Å²) in [5.41, 5.74) is -6.81. The van der Waals surface area contributed by atoms with Crippen molar-refractivity contribution in [3.05, 3.63) is 82.9 Å². The highest BCUT2D eigenvalue weighted by Gasteiger charge is 2.71. The molecule has 0 saturated carbocycles. The third-order valence-corrected chi connectivity index (χ3v) is 7.86. The Bertz CT molecular complexity index is 1610. The van der Waals surface area contributed by atoms with Gasteiger partial charge in [0.15, 0.2) is 11.5 Å². The maximum absolute atomic E-state index is 13.7. The molecule has 1 saturated heterocycles. The number of nitrogens with one attached hydrogen (secondary N) is 1. The highest BCUT2D eigenvalue weighted by Crippen LogP contribution is 2.51. The minimum absolute atomic E-state index is 0.0119. The van der Waals surface area contributed by atoms with E-state index in [1.54, 1.807) is 44.2 Å². The standard InChI is InChI=1S/C31H28F6N2O6/c1-3-6-19-14-21(29(42,30(32,33)34)31(35,36)37)10-11-23(19)45-22-8-5-7-18(13-22)16-39-26(40)28(4-2,38-27(39)41)20-9-12-24-25(15-20)44-17-43-24/h5,7-15,42H,3-4,6,16-17H2,1-2H3,(H,38,41). The first-order valence-corrected chi connectivity index (χ1v) is 13.9. The number of imide groups is 1. The van der Waals surface area contributed by atoms with Crippen molar-refractivity contribution < 1.29 is 55.2 Å². The van der Waals surface area contributed by atoms with Crippen molar-refractivity contribution in [1.29, 1.82) is 0 Å². The number of aryl methyl sites for hydroxylation is 1. The lowest BCUT2D eigenvalue weighted by atomic mass is 9.87. The van der Waals surface area contributed by atoms with E-state index in [0.29, 0.717) is 41.2 Å². The number of fused-ring (bicyclic) bond motifs is 1. The number of aliphatic hydroxyl groups is 1. The largest absolute Gasteiger partial charge is 0.457 e. The van der Waals surface area contributed by atoms with Crippen LogP contribution >= 0.6 is 0 Å². The molecule has 0 aromatic heterocycles. The molecule has 2 N–H and O–H groups in total. The molecule has 2 aliphatic heterocycles. The van der Waals surface area contributed by atoms with Gasteiger partial charge in [-0.1, -0.05) is 44.5 Å². The van der Waals surface area contributed by atoms with Crippen LogP contribution in [-0.4, -0.2) is 41.1 Å². The van der Waals surface area contributed by atoms with E-state index in [2.05, 4.69) is 5.32 Å². The van der Waals surface area contributed by atoms with E-state index >= 15 is 0 Å². The Kier molecular flexibility index (Phi) is 8.15. The summed E-state index contributed by atoms with van der Waals surface area (Å²) < 4.78 is 97.4. The Morgan fingerprint density at radius 3 is 2.31 bits per heavy atom. The van der Waals surface area contributed by atoms with Crippen LogP contribution in [0.1, 0.15) is 48.9 Å². The van der Waals surface area contributed by atoms with Gasteiger partial charge in [0.05, 0.1) is 6.54 Å². The minimum atomic E-state index is -6.02. The van der Waals surface area contributed by atoms with Crippen molar-refractivity contribution >= 4 is 11.9 Å². The summed E-state index contributed by atoms with van der Waals surface area (Å²) in [5, 5.41) is 12.6. The fourth-order valence-electron chi connectivity index (χ4n) is 5.44. The van der Waals surface area contributed by atoms with Crippen LogP contribution in [0.15, 0.2) is 60.7 Å². The molecule has 3 aromatic rings. The molecule has 240 valence electrons. The van der Waals surface area contributed by atoms with Gasteiger partial charge in [0, 0.05) is 5.56 Å². The predicted molar refractivity (Wildman–Crippen MR) is 147 cm³/mol. The number of rotatable bonds is 9. The van der Waals surface area contributed by atoms with Crippen LogP contribution < -0.4 is 19.5 Å². The minimum Gasteiger partial charge on any atom is -0.457 e. The molecule has 14 heteroatoms. The first-order chi connectivity index (χ1) is 21.1. The molecule has 2 heterocycles. The van der Waals surface area contributed by atoms with Crippen LogP contribution in [0.5, 0.6) is 23.0 Å². The lowest BCUT2D eigenvalue weighted by molar-refractivity contribution is -0.376. The summed E-state index contributed by atoms with van der Waals surface area (Å²) >= 11 is 0. The average Bonchev–Trinajstić information content (AvgIpc) is 3.55. The second-order valence-electron chi connectivity index (χ2n) is 10.7. The topological polar surface area (TPSA) is 97.3 Å². The van der Waals surface area contributed by atoms with Crippen molar-refractivity contribution in [2.45, 2.75) is 63.1 Å². The molecule has 0 aliphatic carbocycles. The van der Waals surface area contributed by atoms with E-state index in [0.717, 1.165) is 11.0 Å². The highest BCUT2D eigenvalue weighted by molar-refractivity contribution is 6.07. The van der Waals surface area contributed by atoms with Gasteiger partial charge in [-0.2, -0.15) is 26.3 Å². The van der Waals surface area contributed by atoms with Gasteiger partial charge in [0.2, 0.25) is 6.79 Å². The van der Waals surface area contributed by atoms with Gasteiger partial charge in [0.1, 0.15) is 17.0 Å². The van der Waals surface area contributed by atoms with Crippen molar-refractivity contribution in [2.75, 3.05) is 6.79 Å². The zero-order valence-electron chi connectivity index (χ0n) is 24.0. The van der Waals surface area contributed by atoms with E-state index in [1.807, 2.05) is 0 Å². The molecule has 0 bridgehead atoms. The smallest absolute Gasteiger partial charge is 0.430 e. The zero-order chi connectivity index (χ0) is 32.8. The molecule has 1 fully saturated rings. The number of carbonyl (C=O) groups is 2. The third kappa shape index (κ3) is 5.51. The van der Waals surface area contributed by atoms with Gasteiger partial charge < -0.3 is 24.6 Å². The maximum atomic E-state index is 13.7. The van der Waals surface area contributed by atoms with Crippen LogP contribution in [0, 0.1) is 0 Å². The number of nitrogens with zero attached hydrogens (tertiary/aromatic N) is 1. The molecule has 45 heavy (non-hydrogen) atoms. The number of hydrogen-bond donors (Lipinski definition) is 2.